The Morgan fingerprint density at radius 1 is 1.31 bits per heavy atom. The van der Waals surface area contributed by atoms with Crippen molar-refractivity contribution < 1.29 is 18.7 Å². The molecule has 2 rings (SSSR count). The highest BCUT2D eigenvalue weighted by atomic mass is 32.2. The number of furan rings is 1. The lowest BCUT2D eigenvalue weighted by molar-refractivity contribution is -0.119. The summed E-state index contributed by atoms with van der Waals surface area (Å²) >= 11 is 1.51. The van der Waals surface area contributed by atoms with Gasteiger partial charge >= 0.3 is 6.09 Å². The van der Waals surface area contributed by atoms with E-state index in [1.807, 2.05) is 32.9 Å². The Kier molecular flexibility index (Phi) is 8.07. The molecule has 0 saturated heterocycles. The van der Waals surface area contributed by atoms with Crippen molar-refractivity contribution in [2.45, 2.75) is 76.7 Å². The van der Waals surface area contributed by atoms with Crippen molar-refractivity contribution >= 4 is 23.6 Å². The predicted octanol–water partition coefficient (Wildman–Crippen LogP) is 4.95. The first-order valence-electron chi connectivity index (χ1n) is 9.46. The quantitative estimate of drug-likeness (QED) is 0.690. The number of carbonyl (C=O) groups is 2. The lowest BCUT2D eigenvalue weighted by Gasteiger charge is -2.27. The Morgan fingerprint density at radius 2 is 2.04 bits per heavy atom. The molecule has 0 aliphatic heterocycles. The van der Waals surface area contributed by atoms with Crippen LogP contribution in [-0.2, 0) is 15.3 Å². The minimum atomic E-state index is -0.573. The van der Waals surface area contributed by atoms with E-state index in [9.17, 15) is 9.59 Å². The van der Waals surface area contributed by atoms with Gasteiger partial charge in [-0.3, -0.25) is 4.79 Å². The molecule has 0 spiro atoms. The molecule has 1 heterocycles. The molecule has 1 aromatic heterocycles. The van der Waals surface area contributed by atoms with Gasteiger partial charge in [0.2, 0.25) is 0 Å². The topological polar surface area (TPSA) is 68.5 Å². The average Bonchev–Trinajstić information content (AvgIpc) is 3.06. The van der Waals surface area contributed by atoms with Crippen molar-refractivity contribution in [3.05, 3.63) is 24.2 Å². The van der Waals surface area contributed by atoms with E-state index < -0.39 is 17.7 Å². The minimum Gasteiger partial charge on any atom is -0.468 e. The van der Waals surface area contributed by atoms with Crippen LogP contribution in [0.3, 0.4) is 0 Å². The molecule has 0 radical (unpaired) electrons. The summed E-state index contributed by atoms with van der Waals surface area (Å²) in [6.07, 6.45) is 7.80. The summed E-state index contributed by atoms with van der Waals surface area (Å²) < 4.78 is 10.6. The maximum Gasteiger partial charge on any atom is 0.408 e. The van der Waals surface area contributed by atoms with Crippen LogP contribution in [0.5, 0.6) is 0 Å². The molecule has 0 aromatic carbocycles. The smallest absolute Gasteiger partial charge is 0.408 e. The van der Waals surface area contributed by atoms with Crippen LogP contribution in [0.15, 0.2) is 22.8 Å². The molecule has 1 amide bonds. The number of Topliss-reactive ketones (excluding diaryl/α,β-unsaturated/α-hetero) is 1. The normalized spacial score (nSPS) is 16.9. The maximum atomic E-state index is 12.7. The van der Waals surface area contributed by atoms with Gasteiger partial charge in [0, 0.05) is 0 Å². The summed E-state index contributed by atoms with van der Waals surface area (Å²) in [5.41, 5.74) is -0.573. The number of nitrogens with one attached hydrogen (secondary N) is 1. The van der Waals surface area contributed by atoms with E-state index >= 15 is 0 Å². The van der Waals surface area contributed by atoms with Crippen molar-refractivity contribution in [1.82, 2.24) is 5.32 Å². The average molecular weight is 382 g/mol. The number of thioether (sulfide) groups is 1. The molecule has 0 bridgehead atoms. The fraction of sp³-hybridized carbons (Fsp3) is 0.700. The zero-order chi connectivity index (χ0) is 19.0. The highest BCUT2D eigenvalue weighted by molar-refractivity contribution is 7.99. The largest absolute Gasteiger partial charge is 0.468 e. The number of carbonyl (C=O) groups excluding carboxylic acids is 2. The van der Waals surface area contributed by atoms with Crippen molar-refractivity contribution in [1.29, 1.82) is 0 Å². The van der Waals surface area contributed by atoms with E-state index in [1.165, 1.54) is 31.0 Å². The Hall–Kier alpha value is -1.43. The van der Waals surface area contributed by atoms with Gasteiger partial charge < -0.3 is 14.5 Å². The van der Waals surface area contributed by atoms with Gasteiger partial charge in [-0.2, -0.15) is 0 Å². The van der Waals surface area contributed by atoms with Gasteiger partial charge in [0.1, 0.15) is 11.4 Å². The molecule has 1 aromatic rings. The molecule has 1 unspecified atom stereocenters. The third-order valence-corrected chi connectivity index (χ3v) is 5.42. The summed E-state index contributed by atoms with van der Waals surface area (Å²) in [6, 6.07) is 3.26. The van der Waals surface area contributed by atoms with Crippen LogP contribution in [0.2, 0.25) is 0 Å². The van der Waals surface area contributed by atoms with Gasteiger partial charge in [-0.15, -0.1) is 11.8 Å². The van der Waals surface area contributed by atoms with Crippen LogP contribution in [0.25, 0.3) is 0 Å². The Morgan fingerprint density at radius 3 is 2.65 bits per heavy atom. The zero-order valence-corrected chi connectivity index (χ0v) is 16.9. The van der Waals surface area contributed by atoms with E-state index in [4.69, 9.17) is 9.15 Å². The van der Waals surface area contributed by atoms with E-state index in [2.05, 4.69) is 5.32 Å². The first-order valence-corrected chi connectivity index (χ1v) is 10.6. The van der Waals surface area contributed by atoms with Crippen LogP contribution in [0.4, 0.5) is 4.79 Å². The lowest BCUT2D eigenvalue weighted by Crippen LogP contribution is -2.45. The van der Waals surface area contributed by atoms with Crippen LogP contribution in [-0.4, -0.2) is 29.3 Å². The van der Waals surface area contributed by atoms with Gasteiger partial charge in [0.15, 0.2) is 5.78 Å². The van der Waals surface area contributed by atoms with E-state index in [0.717, 1.165) is 18.6 Å². The second-order valence-electron chi connectivity index (χ2n) is 7.98. The summed E-state index contributed by atoms with van der Waals surface area (Å²) in [7, 11) is 0. The molecular weight excluding hydrogens is 350 g/mol. The highest BCUT2D eigenvalue weighted by Crippen LogP contribution is 2.28. The number of amides is 1. The van der Waals surface area contributed by atoms with E-state index in [0.29, 0.717) is 23.8 Å². The summed E-state index contributed by atoms with van der Waals surface area (Å²) in [5.74, 6) is 2.42. The fourth-order valence-electron chi connectivity index (χ4n) is 3.22. The number of ketones is 1. The molecule has 146 valence electrons. The number of hydrogen-bond acceptors (Lipinski definition) is 5. The van der Waals surface area contributed by atoms with Gasteiger partial charge in [-0.05, 0) is 45.2 Å². The molecular formula is C20H31NO4S. The standard InChI is InChI=1S/C20H31NO4S/c1-20(2,3)25-19(23)21-17(12-15-8-5-4-6-9-15)18(22)14-26-13-16-10-7-11-24-16/h7,10-11,15,17H,4-6,8-9,12-14H2,1-3H3,(H,21,23). The van der Waals surface area contributed by atoms with Crippen LogP contribution < -0.4 is 5.32 Å². The van der Waals surface area contributed by atoms with Crippen molar-refractivity contribution in [3.8, 4) is 0 Å². The Labute approximate surface area is 160 Å². The molecule has 1 aliphatic rings. The molecule has 26 heavy (non-hydrogen) atoms. The number of ether oxygens (including phenoxy) is 1. The molecule has 1 fully saturated rings. The third-order valence-electron chi connectivity index (χ3n) is 4.44. The van der Waals surface area contributed by atoms with Crippen molar-refractivity contribution in [2.75, 3.05) is 5.75 Å². The fourth-order valence-corrected chi connectivity index (χ4v) is 4.09. The molecule has 1 N–H and O–H groups in total. The highest BCUT2D eigenvalue weighted by Gasteiger charge is 2.27. The molecule has 6 heteroatoms. The Bertz CT molecular complexity index is 559. The molecule has 5 nitrogen and oxygen atoms in total. The third kappa shape index (κ3) is 7.85. The second-order valence-corrected chi connectivity index (χ2v) is 8.96. The predicted molar refractivity (Wildman–Crippen MR) is 104 cm³/mol. The number of hydrogen-bond donors (Lipinski definition) is 1. The van der Waals surface area contributed by atoms with Gasteiger partial charge in [-0.25, -0.2) is 4.79 Å². The molecule has 1 aliphatic carbocycles. The number of alkyl carbamates (subject to hydrolysis) is 1. The Balaban J connectivity index is 1.89. The number of rotatable bonds is 8. The van der Waals surface area contributed by atoms with Gasteiger partial charge in [0.25, 0.3) is 0 Å². The lowest BCUT2D eigenvalue weighted by atomic mass is 9.84. The van der Waals surface area contributed by atoms with E-state index in [1.54, 1.807) is 6.26 Å². The maximum absolute atomic E-state index is 12.7. The van der Waals surface area contributed by atoms with Gasteiger partial charge in [0.05, 0.1) is 23.8 Å². The SMILES string of the molecule is CC(C)(C)OC(=O)NC(CC1CCCCC1)C(=O)CSCc1ccco1. The van der Waals surface area contributed by atoms with Gasteiger partial charge in [-0.1, -0.05) is 32.1 Å². The first kappa shape index (κ1) is 20.9. The van der Waals surface area contributed by atoms with E-state index in [-0.39, 0.29) is 5.78 Å². The minimum absolute atomic E-state index is 0.0537. The monoisotopic (exact) mass is 381 g/mol. The first-order chi connectivity index (χ1) is 12.3. The second kappa shape index (κ2) is 10.0. The van der Waals surface area contributed by atoms with Crippen LogP contribution >= 0.6 is 11.8 Å². The molecule has 1 atom stereocenters. The zero-order valence-electron chi connectivity index (χ0n) is 16.1. The summed E-state index contributed by atoms with van der Waals surface area (Å²) in [6.45, 7) is 5.47. The van der Waals surface area contributed by atoms with Crippen molar-refractivity contribution in [3.63, 3.8) is 0 Å². The van der Waals surface area contributed by atoms with Crippen molar-refractivity contribution in [2.24, 2.45) is 5.92 Å². The molecule has 1 saturated carbocycles. The summed E-state index contributed by atoms with van der Waals surface area (Å²) in [5, 5.41) is 2.82. The summed E-state index contributed by atoms with van der Waals surface area (Å²) in [4.78, 5) is 24.9. The van der Waals surface area contributed by atoms with Crippen LogP contribution in [0, 0.1) is 5.92 Å². The van der Waals surface area contributed by atoms with Crippen LogP contribution in [0.1, 0.15) is 65.1 Å².